The van der Waals surface area contributed by atoms with Gasteiger partial charge in [0, 0.05) is 18.7 Å². The lowest BCUT2D eigenvalue weighted by atomic mass is 9.97. The highest BCUT2D eigenvalue weighted by molar-refractivity contribution is 5.95. The Balaban J connectivity index is 1.71. The topological polar surface area (TPSA) is 44.1 Å². The zero-order chi connectivity index (χ0) is 16.2. The van der Waals surface area contributed by atoms with Crippen molar-refractivity contribution >= 4 is 11.6 Å². The number of carbonyl (C=O) groups excluding carboxylic acids is 1. The summed E-state index contributed by atoms with van der Waals surface area (Å²) >= 11 is 0. The van der Waals surface area contributed by atoms with Crippen LogP contribution in [0.2, 0.25) is 0 Å². The Morgan fingerprint density at radius 3 is 2.74 bits per heavy atom. The molecule has 0 saturated carbocycles. The monoisotopic (exact) mass is 304 g/mol. The number of fused-ring (bicyclic) bond motifs is 1. The van der Waals surface area contributed by atoms with Crippen molar-refractivity contribution in [3.63, 3.8) is 0 Å². The normalized spacial score (nSPS) is 13.3. The summed E-state index contributed by atoms with van der Waals surface area (Å²) in [5.74, 6) is 0.185. The van der Waals surface area contributed by atoms with E-state index < -0.39 is 0 Å². The molecule has 1 amide bonds. The van der Waals surface area contributed by atoms with Gasteiger partial charge in [-0.2, -0.15) is 5.26 Å². The van der Waals surface area contributed by atoms with Gasteiger partial charge in [-0.3, -0.25) is 4.79 Å². The van der Waals surface area contributed by atoms with Crippen LogP contribution in [-0.2, 0) is 17.6 Å². The minimum Gasteiger partial charge on any atom is -0.312 e. The number of para-hydroxylation sites is 1. The molecule has 0 spiro atoms. The van der Waals surface area contributed by atoms with Gasteiger partial charge >= 0.3 is 0 Å². The van der Waals surface area contributed by atoms with E-state index in [2.05, 4.69) is 31.2 Å². The van der Waals surface area contributed by atoms with E-state index in [0.717, 1.165) is 30.6 Å². The van der Waals surface area contributed by atoms with Crippen LogP contribution in [0.4, 0.5) is 5.69 Å². The van der Waals surface area contributed by atoms with Crippen molar-refractivity contribution in [1.29, 1.82) is 5.26 Å². The lowest BCUT2D eigenvalue weighted by Crippen LogP contribution is -2.36. The van der Waals surface area contributed by atoms with E-state index in [9.17, 15) is 4.79 Å². The molecular formula is C20H20N2O. The number of carbonyl (C=O) groups is 1. The number of hydrogen-bond donors (Lipinski definition) is 0. The third-order valence-electron chi connectivity index (χ3n) is 4.43. The number of hydrogen-bond acceptors (Lipinski definition) is 2. The van der Waals surface area contributed by atoms with Crippen molar-refractivity contribution in [2.75, 3.05) is 11.4 Å². The third-order valence-corrected chi connectivity index (χ3v) is 4.43. The Morgan fingerprint density at radius 2 is 2.00 bits per heavy atom. The third kappa shape index (κ3) is 3.27. The van der Waals surface area contributed by atoms with Gasteiger partial charge in [0.05, 0.1) is 11.6 Å². The van der Waals surface area contributed by atoms with Crippen LogP contribution in [0.5, 0.6) is 0 Å². The largest absolute Gasteiger partial charge is 0.312 e. The average molecular weight is 304 g/mol. The summed E-state index contributed by atoms with van der Waals surface area (Å²) in [6, 6.07) is 15.9. The van der Waals surface area contributed by atoms with Crippen LogP contribution in [0.15, 0.2) is 42.5 Å². The Morgan fingerprint density at radius 1 is 1.22 bits per heavy atom. The van der Waals surface area contributed by atoms with E-state index in [-0.39, 0.29) is 5.91 Å². The van der Waals surface area contributed by atoms with Gasteiger partial charge in [0.15, 0.2) is 0 Å². The first-order valence-corrected chi connectivity index (χ1v) is 8.07. The molecule has 0 aromatic heterocycles. The van der Waals surface area contributed by atoms with Gasteiger partial charge in [0.1, 0.15) is 0 Å². The van der Waals surface area contributed by atoms with Gasteiger partial charge in [0.25, 0.3) is 0 Å². The standard InChI is InChI=1S/C20H20N2O/c1-15-4-2-5-18-6-3-13-22(20(15)18)19(23)12-11-16-7-9-17(14-21)10-8-16/h2,4-5,7-10H,3,6,11-13H2,1H3. The highest BCUT2D eigenvalue weighted by Gasteiger charge is 2.23. The van der Waals surface area contributed by atoms with Crippen molar-refractivity contribution in [3.8, 4) is 6.07 Å². The highest BCUT2D eigenvalue weighted by Crippen LogP contribution is 2.31. The number of aryl methyl sites for hydroxylation is 3. The minimum atomic E-state index is 0.185. The van der Waals surface area contributed by atoms with Gasteiger partial charge in [0.2, 0.25) is 5.91 Å². The van der Waals surface area contributed by atoms with Crippen LogP contribution in [0, 0.1) is 18.3 Å². The van der Waals surface area contributed by atoms with E-state index in [1.165, 1.54) is 11.1 Å². The summed E-state index contributed by atoms with van der Waals surface area (Å²) in [4.78, 5) is 14.6. The zero-order valence-corrected chi connectivity index (χ0v) is 13.4. The Hall–Kier alpha value is -2.60. The number of nitriles is 1. The first-order valence-electron chi connectivity index (χ1n) is 8.07. The molecule has 2 aromatic rings. The van der Waals surface area contributed by atoms with Crippen LogP contribution in [0.3, 0.4) is 0 Å². The maximum Gasteiger partial charge on any atom is 0.227 e. The molecule has 3 rings (SSSR count). The van der Waals surface area contributed by atoms with E-state index >= 15 is 0 Å². The van der Waals surface area contributed by atoms with Gasteiger partial charge in [-0.15, -0.1) is 0 Å². The summed E-state index contributed by atoms with van der Waals surface area (Å²) in [6.45, 7) is 2.88. The molecule has 0 bridgehead atoms. The Bertz CT molecular complexity index is 756. The van der Waals surface area contributed by atoms with E-state index in [1.54, 1.807) is 12.1 Å². The van der Waals surface area contributed by atoms with Crippen molar-refractivity contribution in [2.24, 2.45) is 0 Å². The molecule has 1 aliphatic rings. The predicted molar refractivity (Wildman–Crippen MR) is 91.3 cm³/mol. The molecule has 3 heteroatoms. The molecule has 23 heavy (non-hydrogen) atoms. The van der Waals surface area contributed by atoms with E-state index in [0.29, 0.717) is 18.4 Å². The predicted octanol–water partition coefficient (Wildman–Crippen LogP) is 3.78. The van der Waals surface area contributed by atoms with Gasteiger partial charge < -0.3 is 4.90 Å². The van der Waals surface area contributed by atoms with E-state index in [1.807, 2.05) is 17.0 Å². The first-order chi connectivity index (χ1) is 11.2. The SMILES string of the molecule is Cc1cccc2c1N(C(=O)CCc1ccc(C#N)cc1)CCC2. The number of amides is 1. The molecule has 0 aliphatic carbocycles. The van der Waals surface area contributed by atoms with Crippen LogP contribution in [0.25, 0.3) is 0 Å². The fourth-order valence-electron chi connectivity index (χ4n) is 3.23. The Kier molecular flexibility index (Phi) is 4.43. The maximum atomic E-state index is 12.7. The quantitative estimate of drug-likeness (QED) is 0.866. The van der Waals surface area contributed by atoms with Gasteiger partial charge in [-0.25, -0.2) is 0 Å². The molecule has 0 fully saturated rings. The zero-order valence-electron chi connectivity index (χ0n) is 13.4. The smallest absolute Gasteiger partial charge is 0.227 e. The van der Waals surface area contributed by atoms with Crippen molar-refractivity contribution in [1.82, 2.24) is 0 Å². The molecule has 0 atom stereocenters. The average Bonchev–Trinajstić information content (AvgIpc) is 2.60. The van der Waals surface area contributed by atoms with Gasteiger partial charge in [-0.1, -0.05) is 30.3 Å². The molecule has 0 N–H and O–H groups in total. The van der Waals surface area contributed by atoms with Crippen molar-refractivity contribution in [2.45, 2.75) is 32.6 Å². The summed E-state index contributed by atoms with van der Waals surface area (Å²) in [6.07, 6.45) is 3.29. The molecule has 0 radical (unpaired) electrons. The maximum absolute atomic E-state index is 12.7. The number of rotatable bonds is 3. The van der Waals surface area contributed by atoms with Crippen molar-refractivity contribution < 1.29 is 4.79 Å². The second-order valence-electron chi connectivity index (χ2n) is 6.04. The molecular weight excluding hydrogens is 284 g/mol. The molecule has 0 unspecified atom stereocenters. The van der Waals surface area contributed by atoms with Crippen LogP contribution < -0.4 is 4.90 Å². The fraction of sp³-hybridized carbons (Fsp3) is 0.300. The minimum absolute atomic E-state index is 0.185. The van der Waals surface area contributed by atoms with Crippen LogP contribution in [0.1, 0.15) is 35.1 Å². The second kappa shape index (κ2) is 6.66. The number of benzene rings is 2. The molecule has 3 nitrogen and oxygen atoms in total. The molecule has 116 valence electrons. The van der Waals surface area contributed by atoms with Crippen molar-refractivity contribution in [3.05, 3.63) is 64.7 Å². The summed E-state index contributed by atoms with van der Waals surface area (Å²) in [5.41, 5.74) is 5.32. The molecule has 0 saturated heterocycles. The lowest BCUT2D eigenvalue weighted by Gasteiger charge is -2.31. The molecule has 1 aliphatic heterocycles. The van der Waals surface area contributed by atoms with Crippen LogP contribution in [-0.4, -0.2) is 12.5 Å². The lowest BCUT2D eigenvalue weighted by molar-refractivity contribution is -0.118. The second-order valence-corrected chi connectivity index (χ2v) is 6.04. The number of anilines is 1. The summed E-state index contributed by atoms with van der Waals surface area (Å²) in [7, 11) is 0. The van der Waals surface area contributed by atoms with E-state index in [4.69, 9.17) is 5.26 Å². The fourth-order valence-corrected chi connectivity index (χ4v) is 3.23. The summed E-state index contributed by atoms with van der Waals surface area (Å²) in [5, 5.41) is 8.82. The highest BCUT2D eigenvalue weighted by atomic mass is 16.2. The first kappa shape index (κ1) is 15.3. The van der Waals surface area contributed by atoms with Gasteiger partial charge in [-0.05, 0) is 55.0 Å². The van der Waals surface area contributed by atoms with Crippen LogP contribution >= 0.6 is 0 Å². The molecule has 2 aromatic carbocycles. The molecule has 1 heterocycles. The summed E-state index contributed by atoms with van der Waals surface area (Å²) < 4.78 is 0. The Labute approximate surface area is 137 Å². The number of nitrogens with zero attached hydrogens (tertiary/aromatic N) is 2.